The summed E-state index contributed by atoms with van der Waals surface area (Å²) in [6.07, 6.45) is 4.33. The summed E-state index contributed by atoms with van der Waals surface area (Å²) in [5.41, 5.74) is 1.49. The van der Waals surface area contributed by atoms with E-state index in [1.807, 2.05) is 0 Å². The quantitative estimate of drug-likeness (QED) is 0.289. The number of nitrogens with one attached hydrogen (secondary N) is 2. The fourth-order valence-corrected chi connectivity index (χ4v) is 3.14. The van der Waals surface area contributed by atoms with Crippen molar-refractivity contribution in [2.24, 2.45) is 4.99 Å². The van der Waals surface area contributed by atoms with Crippen molar-refractivity contribution in [3.05, 3.63) is 34.0 Å². The summed E-state index contributed by atoms with van der Waals surface area (Å²) in [5.74, 6) is 1.38. The number of hydrogen-bond donors (Lipinski definition) is 2. The zero-order valence-electron chi connectivity index (χ0n) is 14.0. The molecular formula is C17H28IN3OS. The molecule has 4 nitrogen and oxygen atoms in total. The van der Waals surface area contributed by atoms with E-state index in [-0.39, 0.29) is 24.0 Å². The lowest BCUT2D eigenvalue weighted by Crippen LogP contribution is -2.38. The largest absolute Gasteiger partial charge is 0.377 e. The molecule has 0 fully saturated rings. The van der Waals surface area contributed by atoms with Gasteiger partial charge in [0.05, 0.1) is 19.8 Å². The summed E-state index contributed by atoms with van der Waals surface area (Å²) in [7, 11) is 0. The van der Waals surface area contributed by atoms with Crippen molar-refractivity contribution >= 4 is 41.3 Å². The van der Waals surface area contributed by atoms with Gasteiger partial charge in [-0.3, -0.25) is 4.99 Å². The Kier molecular flexibility index (Phi) is 10.5. The van der Waals surface area contributed by atoms with Gasteiger partial charge in [-0.25, -0.2) is 0 Å². The third kappa shape index (κ3) is 7.67. The third-order valence-electron chi connectivity index (χ3n) is 3.69. The number of aliphatic imine (C=N–C) groups is 1. The van der Waals surface area contributed by atoms with Crippen LogP contribution in [-0.2, 0) is 4.74 Å². The molecule has 0 aromatic carbocycles. The highest BCUT2D eigenvalue weighted by Crippen LogP contribution is 2.20. The molecule has 1 aromatic heterocycles. The second kappa shape index (κ2) is 11.9. The van der Waals surface area contributed by atoms with E-state index in [0.29, 0.717) is 5.92 Å². The lowest BCUT2D eigenvalue weighted by atomic mass is 10.1. The van der Waals surface area contributed by atoms with Crippen LogP contribution >= 0.6 is 35.3 Å². The van der Waals surface area contributed by atoms with Crippen LogP contribution in [0.25, 0.3) is 0 Å². The molecule has 1 aliphatic rings. The molecule has 0 aliphatic carbocycles. The van der Waals surface area contributed by atoms with Gasteiger partial charge in [0.2, 0.25) is 0 Å². The number of guanidine groups is 1. The van der Waals surface area contributed by atoms with Crippen LogP contribution < -0.4 is 10.6 Å². The molecule has 0 spiro atoms. The Morgan fingerprint density at radius 1 is 1.43 bits per heavy atom. The highest BCUT2D eigenvalue weighted by Gasteiger charge is 2.07. The number of thiophene rings is 1. The molecule has 1 atom stereocenters. The molecule has 0 radical (unpaired) electrons. The smallest absolute Gasteiger partial charge is 0.191 e. The van der Waals surface area contributed by atoms with Crippen molar-refractivity contribution in [2.45, 2.75) is 32.6 Å². The first kappa shape index (κ1) is 20.4. The van der Waals surface area contributed by atoms with Crippen LogP contribution in [0.1, 0.15) is 37.5 Å². The van der Waals surface area contributed by atoms with Gasteiger partial charge in [0, 0.05) is 23.9 Å². The Hall–Kier alpha value is -0.600. The van der Waals surface area contributed by atoms with Crippen LogP contribution in [0.5, 0.6) is 0 Å². The minimum atomic E-state index is 0. The van der Waals surface area contributed by atoms with Crippen molar-refractivity contribution in [1.82, 2.24) is 10.6 Å². The SMILES string of the molecule is CCNC(=NCC(C)c1cccs1)NCCC1=CCOCC1.I. The summed E-state index contributed by atoms with van der Waals surface area (Å²) in [6.45, 7) is 8.57. The van der Waals surface area contributed by atoms with Gasteiger partial charge in [0.25, 0.3) is 0 Å². The molecule has 0 saturated carbocycles. The first-order valence-electron chi connectivity index (χ1n) is 8.10. The molecule has 1 aliphatic heterocycles. The van der Waals surface area contributed by atoms with E-state index in [2.05, 4.69) is 48.1 Å². The summed E-state index contributed by atoms with van der Waals surface area (Å²) in [4.78, 5) is 6.10. The molecule has 1 aromatic rings. The van der Waals surface area contributed by atoms with Crippen LogP contribution in [-0.4, -0.2) is 38.8 Å². The average Bonchev–Trinajstić information content (AvgIpc) is 3.08. The van der Waals surface area contributed by atoms with Crippen LogP contribution in [0.3, 0.4) is 0 Å². The van der Waals surface area contributed by atoms with E-state index in [0.717, 1.165) is 51.6 Å². The Labute approximate surface area is 160 Å². The van der Waals surface area contributed by atoms with E-state index in [9.17, 15) is 0 Å². The Morgan fingerprint density at radius 3 is 2.96 bits per heavy atom. The van der Waals surface area contributed by atoms with E-state index in [1.165, 1.54) is 10.5 Å². The Balaban J connectivity index is 0.00000264. The van der Waals surface area contributed by atoms with E-state index >= 15 is 0 Å². The topological polar surface area (TPSA) is 45.7 Å². The van der Waals surface area contributed by atoms with Crippen molar-refractivity contribution in [2.75, 3.05) is 32.8 Å². The van der Waals surface area contributed by atoms with Gasteiger partial charge in [-0.1, -0.05) is 24.6 Å². The standard InChI is InChI=1S/C17H27N3OS.HI/c1-3-18-17(19-9-6-15-7-10-21-11-8-15)20-13-14(2)16-5-4-12-22-16;/h4-5,7,12,14H,3,6,8-11,13H2,1-2H3,(H2,18,19,20);1H. The van der Waals surface area contributed by atoms with Crippen LogP contribution in [0.4, 0.5) is 0 Å². The van der Waals surface area contributed by atoms with Gasteiger partial charge in [0.1, 0.15) is 0 Å². The maximum atomic E-state index is 5.33. The third-order valence-corrected chi connectivity index (χ3v) is 4.80. The predicted molar refractivity (Wildman–Crippen MR) is 110 cm³/mol. The Bertz CT molecular complexity index is 488. The molecule has 0 bridgehead atoms. The first-order chi connectivity index (χ1) is 10.8. The van der Waals surface area contributed by atoms with Gasteiger partial charge in [-0.15, -0.1) is 35.3 Å². The lowest BCUT2D eigenvalue weighted by Gasteiger charge is -2.16. The molecule has 2 rings (SSSR count). The highest BCUT2D eigenvalue weighted by atomic mass is 127. The minimum Gasteiger partial charge on any atom is -0.377 e. The van der Waals surface area contributed by atoms with Gasteiger partial charge in [-0.2, -0.15) is 0 Å². The lowest BCUT2D eigenvalue weighted by molar-refractivity contribution is 0.153. The molecule has 23 heavy (non-hydrogen) atoms. The number of ether oxygens (including phenoxy) is 1. The number of halogens is 1. The van der Waals surface area contributed by atoms with Crippen molar-refractivity contribution in [3.8, 4) is 0 Å². The summed E-state index contributed by atoms with van der Waals surface area (Å²) in [5, 5.41) is 8.87. The summed E-state index contributed by atoms with van der Waals surface area (Å²) >= 11 is 1.80. The summed E-state index contributed by atoms with van der Waals surface area (Å²) in [6, 6.07) is 4.29. The van der Waals surface area contributed by atoms with Crippen molar-refractivity contribution in [1.29, 1.82) is 0 Å². The zero-order valence-corrected chi connectivity index (χ0v) is 17.2. The van der Waals surface area contributed by atoms with Gasteiger partial charge >= 0.3 is 0 Å². The van der Waals surface area contributed by atoms with Gasteiger partial charge < -0.3 is 15.4 Å². The minimum absolute atomic E-state index is 0. The zero-order chi connectivity index (χ0) is 15.6. The maximum absolute atomic E-state index is 5.33. The molecule has 2 heterocycles. The molecular weight excluding hydrogens is 421 g/mol. The van der Waals surface area contributed by atoms with Crippen molar-refractivity contribution < 1.29 is 4.74 Å². The van der Waals surface area contributed by atoms with E-state index in [1.54, 1.807) is 11.3 Å². The molecule has 0 saturated heterocycles. The first-order valence-corrected chi connectivity index (χ1v) is 8.98. The van der Waals surface area contributed by atoms with Crippen LogP contribution in [0.2, 0.25) is 0 Å². The van der Waals surface area contributed by atoms with Crippen LogP contribution in [0.15, 0.2) is 34.2 Å². The number of nitrogens with zero attached hydrogens (tertiary/aromatic N) is 1. The Morgan fingerprint density at radius 2 is 2.30 bits per heavy atom. The maximum Gasteiger partial charge on any atom is 0.191 e. The van der Waals surface area contributed by atoms with E-state index in [4.69, 9.17) is 9.73 Å². The highest BCUT2D eigenvalue weighted by molar-refractivity contribution is 14.0. The van der Waals surface area contributed by atoms with Crippen molar-refractivity contribution in [3.63, 3.8) is 0 Å². The summed E-state index contributed by atoms with van der Waals surface area (Å²) < 4.78 is 5.33. The monoisotopic (exact) mass is 449 g/mol. The van der Waals surface area contributed by atoms with E-state index < -0.39 is 0 Å². The van der Waals surface area contributed by atoms with Gasteiger partial charge in [-0.05, 0) is 31.2 Å². The second-order valence-corrected chi connectivity index (χ2v) is 6.48. The molecule has 6 heteroatoms. The molecule has 130 valence electrons. The molecule has 2 N–H and O–H groups in total. The fourth-order valence-electron chi connectivity index (χ4n) is 2.37. The fraction of sp³-hybridized carbons (Fsp3) is 0.588. The molecule has 0 amide bonds. The average molecular weight is 449 g/mol. The predicted octanol–water partition coefficient (Wildman–Crippen LogP) is 3.76. The number of rotatable bonds is 7. The van der Waals surface area contributed by atoms with Crippen LogP contribution in [0, 0.1) is 0 Å². The molecule has 1 unspecified atom stereocenters. The normalized spacial score (nSPS) is 16.3. The van der Waals surface area contributed by atoms with Gasteiger partial charge in [0.15, 0.2) is 5.96 Å². The number of hydrogen-bond acceptors (Lipinski definition) is 3. The second-order valence-electron chi connectivity index (χ2n) is 5.50.